The van der Waals surface area contributed by atoms with E-state index in [-0.39, 0.29) is 36.8 Å². The Morgan fingerprint density at radius 3 is 2.80 bits per heavy atom. The Morgan fingerprint density at radius 1 is 1.20 bits per heavy atom. The fourth-order valence-corrected chi connectivity index (χ4v) is 2.89. The van der Waals surface area contributed by atoms with Gasteiger partial charge in [0.05, 0.1) is 5.57 Å². The van der Waals surface area contributed by atoms with Crippen LogP contribution in [-0.4, -0.2) is 27.5 Å². The van der Waals surface area contributed by atoms with E-state index >= 15 is 0 Å². The van der Waals surface area contributed by atoms with Crippen LogP contribution in [0.15, 0.2) is 48.0 Å². The number of nitrogen functional groups attached to an aromatic ring is 1. The van der Waals surface area contributed by atoms with Gasteiger partial charge in [0.1, 0.15) is 18.2 Å². The highest BCUT2D eigenvalue weighted by Crippen LogP contribution is 2.29. The summed E-state index contributed by atoms with van der Waals surface area (Å²) < 4.78 is 23.9. The predicted molar refractivity (Wildman–Crippen MR) is 109 cm³/mol. The standard InChI is InChI=1S/C20H15ClFN5O3/c21-13-1-6-16-11(8-13)7-12(9-29-16)18(28)30-10-17-25-19(23)27-20(26-17)24-15-4-2-14(22)3-5-15/h1-8H,9-10H2,(H3,23,24,25,26,27). The van der Waals surface area contributed by atoms with Crippen LogP contribution in [0.4, 0.5) is 22.0 Å². The third kappa shape index (κ3) is 4.64. The molecular weight excluding hydrogens is 413 g/mol. The first kappa shape index (κ1) is 19.6. The Balaban J connectivity index is 1.44. The Hall–Kier alpha value is -3.72. The summed E-state index contributed by atoms with van der Waals surface area (Å²) in [6.07, 6.45) is 1.66. The number of nitrogens with two attached hydrogens (primary N) is 1. The molecule has 1 aromatic heterocycles. The van der Waals surface area contributed by atoms with E-state index in [1.807, 2.05) is 0 Å². The lowest BCUT2D eigenvalue weighted by Gasteiger charge is -2.17. The highest BCUT2D eigenvalue weighted by Gasteiger charge is 2.19. The Morgan fingerprint density at radius 2 is 2.00 bits per heavy atom. The molecule has 10 heteroatoms. The number of aromatic nitrogens is 3. The fraction of sp³-hybridized carbons (Fsp3) is 0.100. The highest BCUT2D eigenvalue weighted by atomic mass is 35.5. The number of benzene rings is 2. The van der Waals surface area contributed by atoms with Gasteiger partial charge >= 0.3 is 5.97 Å². The number of nitrogens with zero attached hydrogens (tertiary/aromatic N) is 3. The van der Waals surface area contributed by atoms with Crippen LogP contribution >= 0.6 is 11.6 Å². The molecule has 0 atom stereocenters. The van der Waals surface area contributed by atoms with Crippen molar-refractivity contribution in [3.8, 4) is 5.75 Å². The van der Waals surface area contributed by atoms with Crippen molar-refractivity contribution in [2.75, 3.05) is 17.7 Å². The van der Waals surface area contributed by atoms with Crippen LogP contribution in [0.5, 0.6) is 5.75 Å². The summed E-state index contributed by atoms with van der Waals surface area (Å²) in [7, 11) is 0. The molecule has 3 N–H and O–H groups in total. The molecule has 0 unspecified atom stereocenters. The SMILES string of the molecule is Nc1nc(COC(=O)C2=Cc3cc(Cl)ccc3OC2)nc(Nc2ccc(F)cc2)n1. The first-order valence-electron chi connectivity index (χ1n) is 8.79. The average molecular weight is 428 g/mol. The van der Waals surface area contributed by atoms with Crippen molar-refractivity contribution in [3.63, 3.8) is 0 Å². The minimum atomic E-state index is -0.576. The quantitative estimate of drug-likeness (QED) is 0.595. The second kappa shape index (κ2) is 8.34. The average Bonchev–Trinajstić information content (AvgIpc) is 2.73. The molecule has 152 valence electrons. The van der Waals surface area contributed by atoms with Crippen molar-refractivity contribution in [1.82, 2.24) is 15.0 Å². The van der Waals surface area contributed by atoms with Gasteiger partial charge in [0, 0.05) is 16.3 Å². The summed E-state index contributed by atoms with van der Waals surface area (Å²) in [6, 6.07) is 10.8. The number of carbonyl (C=O) groups excluding carboxylic acids is 1. The Bertz CT molecular complexity index is 1140. The number of nitrogens with one attached hydrogen (secondary N) is 1. The van der Waals surface area contributed by atoms with Crippen molar-refractivity contribution in [3.05, 3.63) is 70.3 Å². The monoisotopic (exact) mass is 427 g/mol. The van der Waals surface area contributed by atoms with E-state index in [1.165, 1.54) is 24.3 Å². The van der Waals surface area contributed by atoms with Gasteiger partial charge in [0.25, 0.3) is 0 Å². The van der Waals surface area contributed by atoms with Crippen molar-refractivity contribution >= 4 is 41.2 Å². The number of esters is 1. The van der Waals surface area contributed by atoms with E-state index in [9.17, 15) is 9.18 Å². The molecule has 0 aliphatic carbocycles. The van der Waals surface area contributed by atoms with Crippen LogP contribution < -0.4 is 15.8 Å². The van der Waals surface area contributed by atoms with E-state index < -0.39 is 5.97 Å². The lowest BCUT2D eigenvalue weighted by molar-refractivity contribution is -0.140. The molecule has 0 bridgehead atoms. The molecule has 2 heterocycles. The number of anilines is 3. The van der Waals surface area contributed by atoms with Gasteiger partial charge in [-0.3, -0.25) is 0 Å². The molecule has 0 radical (unpaired) electrons. The minimum Gasteiger partial charge on any atom is -0.488 e. The topological polar surface area (TPSA) is 112 Å². The molecule has 0 amide bonds. The van der Waals surface area contributed by atoms with Gasteiger partial charge in [-0.05, 0) is 48.5 Å². The number of ether oxygens (including phenoxy) is 2. The molecule has 1 aliphatic rings. The number of hydrogen-bond acceptors (Lipinski definition) is 8. The highest BCUT2D eigenvalue weighted by molar-refractivity contribution is 6.30. The number of fused-ring (bicyclic) bond motifs is 1. The molecule has 0 fully saturated rings. The lowest BCUT2D eigenvalue weighted by atomic mass is 10.1. The molecule has 4 rings (SSSR count). The molecule has 0 saturated heterocycles. The predicted octanol–water partition coefficient (Wildman–Crippen LogP) is 3.51. The van der Waals surface area contributed by atoms with Gasteiger partial charge in [-0.1, -0.05) is 11.6 Å². The van der Waals surface area contributed by atoms with Gasteiger partial charge in [-0.25, -0.2) is 9.18 Å². The Kier molecular flexibility index (Phi) is 5.44. The van der Waals surface area contributed by atoms with Gasteiger partial charge in [-0.2, -0.15) is 15.0 Å². The van der Waals surface area contributed by atoms with Crippen LogP contribution in [0.1, 0.15) is 11.4 Å². The zero-order chi connectivity index (χ0) is 21.1. The van der Waals surface area contributed by atoms with Crippen LogP contribution in [0, 0.1) is 5.82 Å². The third-order valence-corrected chi connectivity index (χ3v) is 4.31. The van der Waals surface area contributed by atoms with E-state index in [0.29, 0.717) is 27.6 Å². The number of halogens is 2. The maximum Gasteiger partial charge on any atom is 0.337 e. The van der Waals surface area contributed by atoms with Crippen molar-refractivity contribution in [1.29, 1.82) is 0 Å². The first-order chi connectivity index (χ1) is 14.5. The van der Waals surface area contributed by atoms with Gasteiger partial charge in [0.2, 0.25) is 11.9 Å². The van der Waals surface area contributed by atoms with Gasteiger partial charge in [0.15, 0.2) is 12.4 Å². The summed E-state index contributed by atoms with van der Waals surface area (Å²) in [5.41, 5.74) is 7.29. The second-order valence-electron chi connectivity index (χ2n) is 6.28. The Labute approximate surface area is 175 Å². The normalized spacial score (nSPS) is 12.4. The summed E-state index contributed by atoms with van der Waals surface area (Å²) in [5.74, 6) is -0.0609. The van der Waals surface area contributed by atoms with Crippen LogP contribution in [0.3, 0.4) is 0 Å². The van der Waals surface area contributed by atoms with Crippen molar-refractivity contribution in [2.45, 2.75) is 6.61 Å². The smallest absolute Gasteiger partial charge is 0.337 e. The lowest BCUT2D eigenvalue weighted by Crippen LogP contribution is -2.18. The molecule has 8 nitrogen and oxygen atoms in total. The zero-order valence-corrected chi connectivity index (χ0v) is 16.2. The zero-order valence-electron chi connectivity index (χ0n) is 15.4. The number of rotatable bonds is 5. The number of hydrogen-bond donors (Lipinski definition) is 2. The minimum absolute atomic E-state index is 0.0514. The van der Waals surface area contributed by atoms with Crippen molar-refractivity contribution < 1.29 is 18.7 Å². The van der Waals surface area contributed by atoms with Crippen LogP contribution in [0.2, 0.25) is 5.02 Å². The molecule has 30 heavy (non-hydrogen) atoms. The number of carbonyl (C=O) groups is 1. The first-order valence-corrected chi connectivity index (χ1v) is 9.17. The molecule has 1 aliphatic heterocycles. The third-order valence-electron chi connectivity index (χ3n) is 4.08. The van der Waals surface area contributed by atoms with E-state index in [4.69, 9.17) is 26.8 Å². The van der Waals surface area contributed by atoms with E-state index in [2.05, 4.69) is 20.3 Å². The molecule has 3 aromatic rings. The molecular formula is C20H15ClFN5O3. The summed E-state index contributed by atoms with van der Waals surface area (Å²) in [4.78, 5) is 24.5. The largest absolute Gasteiger partial charge is 0.488 e. The van der Waals surface area contributed by atoms with Gasteiger partial charge in [-0.15, -0.1) is 0 Å². The van der Waals surface area contributed by atoms with E-state index in [1.54, 1.807) is 24.3 Å². The summed E-state index contributed by atoms with van der Waals surface area (Å²) in [6.45, 7) is -0.145. The maximum atomic E-state index is 13.0. The summed E-state index contributed by atoms with van der Waals surface area (Å²) in [5, 5.41) is 3.42. The van der Waals surface area contributed by atoms with Crippen molar-refractivity contribution in [2.24, 2.45) is 0 Å². The second-order valence-corrected chi connectivity index (χ2v) is 6.72. The van der Waals surface area contributed by atoms with Crippen LogP contribution in [0.25, 0.3) is 6.08 Å². The van der Waals surface area contributed by atoms with Gasteiger partial charge < -0.3 is 20.5 Å². The fourth-order valence-electron chi connectivity index (χ4n) is 2.71. The molecule has 0 saturated carbocycles. The maximum absolute atomic E-state index is 13.0. The molecule has 0 spiro atoms. The van der Waals surface area contributed by atoms with E-state index in [0.717, 1.165) is 0 Å². The summed E-state index contributed by atoms with van der Waals surface area (Å²) >= 11 is 5.98. The van der Waals surface area contributed by atoms with Crippen LogP contribution in [-0.2, 0) is 16.1 Å². The molecule has 2 aromatic carbocycles.